The van der Waals surface area contributed by atoms with E-state index in [1.807, 2.05) is 20.8 Å². The molecule has 180 valence electrons. The summed E-state index contributed by atoms with van der Waals surface area (Å²) in [5, 5.41) is 7.67. The smallest absolute Gasteiger partial charge is 0.307 e. The minimum atomic E-state index is -0.434. The van der Waals surface area contributed by atoms with Crippen molar-refractivity contribution in [3.05, 3.63) is 35.2 Å². The molecule has 1 aliphatic carbocycles. The molecule has 2 aromatic rings. The highest BCUT2D eigenvalue weighted by Gasteiger charge is 2.29. The fourth-order valence-corrected chi connectivity index (χ4v) is 4.91. The number of anilines is 2. The lowest BCUT2D eigenvalue weighted by molar-refractivity contribution is -0.154. The van der Waals surface area contributed by atoms with E-state index in [-0.39, 0.29) is 5.97 Å². The van der Waals surface area contributed by atoms with E-state index in [1.54, 1.807) is 0 Å². The van der Waals surface area contributed by atoms with Gasteiger partial charge in [-0.25, -0.2) is 0 Å². The summed E-state index contributed by atoms with van der Waals surface area (Å²) in [5.41, 5.74) is 3.24. The molecule has 0 radical (unpaired) electrons. The minimum absolute atomic E-state index is 0.169. The molecule has 0 atom stereocenters. The van der Waals surface area contributed by atoms with Gasteiger partial charge in [0.2, 0.25) is 5.89 Å². The van der Waals surface area contributed by atoms with E-state index in [9.17, 15) is 4.79 Å². The van der Waals surface area contributed by atoms with Crippen LogP contribution >= 0.6 is 0 Å². The molecule has 1 fully saturated rings. The third-order valence-corrected chi connectivity index (χ3v) is 6.74. The molecule has 2 heterocycles. The molecule has 0 bridgehead atoms. The maximum absolute atomic E-state index is 11.8. The van der Waals surface area contributed by atoms with Crippen LogP contribution in [0, 0.1) is 5.92 Å². The number of hydrogen-bond acceptors (Lipinski definition) is 7. The Kier molecular flexibility index (Phi) is 7.37. The van der Waals surface area contributed by atoms with Crippen molar-refractivity contribution in [3.8, 4) is 0 Å². The van der Waals surface area contributed by atoms with Crippen LogP contribution in [0.1, 0.15) is 89.2 Å². The molecule has 2 aliphatic rings. The minimum Gasteiger partial charge on any atom is -0.460 e. The van der Waals surface area contributed by atoms with E-state index >= 15 is 0 Å². The standard InChI is InChI=1S/C26H38N4O3/c1-5-18-6-9-20(10-7-18)24-28-25(29-33-24)30-15-13-21-16-19(8-11-22(21)30)17-27-14-12-23(31)32-26(2,3)4/h8,11,16,18,20,27H,5-7,9-10,12-15,17H2,1-4H3. The summed E-state index contributed by atoms with van der Waals surface area (Å²) >= 11 is 0. The van der Waals surface area contributed by atoms with Crippen LogP contribution in [0.5, 0.6) is 0 Å². The molecule has 7 nitrogen and oxygen atoms in total. The Morgan fingerprint density at radius 3 is 2.76 bits per heavy atom. The predicted octanol–water partition coefficient (Wildman–Crippen LogP) is 5.27. The van der Waals surface area contributed by atoms with Crippen LogP contribution in [0.4, 0.5) is 11.6 Å². The molecule has 1 aliphatic heterocycles. The van der Waals surface area contributed by atoms with Crippen molar-refractivity contribution < 1.29 is 14.1 Å². The van der Waals surface area contributed by atoms with E-state index in [0.29, 0.717) is 24.8 Å². The Morgan fingerprint density at radius 2 is 2.03 bits per heavy atom. The molecular formula is C26H38N4O3. The fourth-order valence-electron chi connectivity index (χ4n) is 4.91. The summed E-state index contributed by atoms with van der Waals surface area (Å²) in [4.78, 5) is 18.8. The van der Waals surface area contributed by atoms with Gasteiger partial charge in [0.05, 0.1) is 6.42 Å². The molecule has 1 N–H and O–H groups in total. The molecular weight excluding hydrogens is 416 g/mol. The van der Waals surface area contributed by atoms with Crippen LogP contribution < -0.4 is 10.2 Å². The van der Waals surface area contributed by atoms with Gasteiger partial charge >= 0.3 is 5.97 Å². The van der Waals surface area contributed by atoms with Gasteiger partial charge in [-0.3, -0.25) is 4.79 Å². The third kappa shape index (κ3) is 6.14. The molecule has 4 rings (SSSR count). The van der Waals surface area contributed by atoms with E-state index in [2.05, 4.69) is 40.5 Å². The molecule has 1 aromatic carbocycles. The predicted molar refractivity (Wildman–Crippen MR) is 129 cm³/mol. The van der Waals surface area contributed by atoms with Crippen molar-refractivity contribution in [2.24, 2.45) is 5.92 Å². The number of ether oxygens (including phenoxy) is 1. The van der Waals surface area contributed by atoms with E-state index in [4.69, 9.17) is 14.2 Å². The van der Waals surface area contributed by atoms with Crippen LogP contribution in [0.15, 0.2) is 22.7 Å². The van der Waals surface area contributed by atoms with Gasteiger partial charge in [0.15, 0.2) is 0 Å². The Morgan fingerprint density at radius 1 is 1.24 bits per heavy atom. The zero-order valence-corrected chi connectivity index (χ0v) is 20.5. The zero-order valence-electron chi connectivity index (χ0n) is 20.5. The number of aromatic nitrogens is 2. The molecule has 0 amide bonds. The van der Waals surface area contributed by atoms with Crippen molar-refractivity contribution in [3.63, 3.8) is 0 Å². The number of nitrogens with one attached hydrogen (secondary N) is 1. The number of benzene rings is 1. The Balaban J connectivity index is 1.30. The summed E-state index contributed by atoms with van der Waals surface area (Å²) in [7, 11) is 0. The van der Waals surface area contributed by atoms with Gasteiger partial charge in [0, 0.05) is 31.2 Å². The average molecular weight is 455 g/mol. The van der Waals surface area contributed by atoms with E-state index < -0.39 is 5.60 Å². The lowest BCUT2D eigenvalue weighted by Crippen LogP contribution is -2.26. The molecule has 7 heteroatoms. The summed E-state index contributed by atoms with van der Waals surface area (Å²) < 4.78 is 11.0. The molecule has 0 saturated heterocycles. The summed E-state index contributed by atoms with van der Waals surface area (Å²) in [5.74, 6) is 2.58. The number of fused-ring (bicyclic) bond motifs is 1. The Bertz CT molecular complexity index is 941. The monoisotopic (exact) mass is 454 g/mol. The highest BCUT2D eigenvalue weighted by Crippen LogP contribution is 2.38. The Labute approximate surface area is 197 Å². The zero-order chi connectivity index (χ0) is 23.4. The summed E-state index contributed by atoms with van der Waals surface area (Å²) in [6, 6.07) is 6.52. The van der Waals surface area contributed by atoms with Crippen molar-refractivity contribution >= 4 is 17.6 Å². The number of carbonyl (C=O) groups excluding carboxylic acids is 1. The van der Waals surface area contributed by atoms with Crippen LogP contribution in [-0.2, 0) is 22.5 Å². The molecule has 0 unspecified atom stereocenters. The second-order valence-electron chi connectivity index (χ2n) is 10.4. The normalized spacial score (nSPS) is 20.7. The second-order valence-corrected chi connectivity index (χ2v) is 10.4. The van der Waals surface area contributed by atoms with Crippen LogP contribution in [0.2, 0.25) is 0 Å². The quantitative estimate of drug-likeness (QED) is 0.430. The second kappa shape index (κ2) is 10.2. The van der Waals surface area contributed by atoms with Crippen molar-refractivity contribution in [2.75, 3.05) is 18.0 Å². The van der Waals surface area contributed by atoms with Crippen LogP contribution in [0.25, 0.3) is 0 Å². The summed E-state index contributed by atoms with van der Waals surface area (Å²) in [6.45, 7) is 10.1. The van der Waals surface area contributed by atoms with Crippen LogP contribution in [0.3, 0.4) is 0 Å². The van der Waals surface area contributed by atoms with Gasteiger partial charge in [-0.1, -0.05) is 25.5 Å². The molecule has 0 spiro atoms. The highest BCUT2D eigenvalue weighted by atomic mass is 16.6. The van der Waals surface area contributed by atoms with Gasteiger partial charge < -0.3 is 19.5 Å². The van der Waals surface area contributed by atoms with E-state index in [0.717, 1.165) is 49.8 Å². The first-order chi connectivity index (χ1) is 15.8. The number of carbonyl (C=O) groups is 1. The Hall–Kier alpha value is -2.41. The van der Waals surface area contributed by atoms with Gasteiger partial charge in [0.1, 0.15) is 5.60 Å². The first-order valence-corrected chi connectivity index (χ1v) is 12.5. The third-order valence-electron chi connectivity index (χ3n) is 6.74. The average Bonchev–Trinajstić information content (AvgIpc) is 3.42. The highest BCUT2D eigenvalue weighted by molar-refractivity contribution is 5.70. The van der Waals surface area contributed by atoms with Gasteiger partial charge in [-0.2, -0.15) is 4.98 Å². The largest absolute Gasteiger partial charge is 0.460 e. The topological polar surface area (TPSA) is 80.5 Å². The van der Waals surface area contributed by atoms with Gasteiger partial charge in [-0.15, -0.1) is 0 Å². The van der Waals surface area contributed by atoms with Gasteiger partial charge in [0.25, 0.3) is 5.95 Å². The lowest BCUT2D eigenvalue weighted by Gasteiger charge is -2.25. The fraction of sp³-hybridized carbons (Fsp3) is 0.654. The SMILES string of the molecule is CCC1CCC(c2nc(N3CCc4cc(CNCCC(=O)OC(C)(C)C)ccc43)no2)CC1. The maximum Gasteiger partial charge on any atom is 0.307 e. The van der Waals surface area contributed by atoms with E-state index in [1.165, 1.54) is 30.4 Å². The number of hydrogen-bond donors (Lipinski definition) is 1. The van der Waals surface area contributed by atoms with Crippen LogP contribution in [-0.4, -0.2) is 34.8 Å². The number of rotatable bonds is 8. The van der Waals surface area contributed by atoms with Crippen molar-refractivity contribution in [2.45, 2.75) is 90.7 Å². The maximum atomic E-state index is 11.8. The van der Waals surface area contributed by atoms with Gasteiger partial charge in [-0.05, 0) is 81.1 Å². The first-order valence-electron chi connectivity index (χ1n) is 12.5. The van der Waals surface area contributed by atoms with Crippen molar-refractivity contribution in [1.29, 1.82) is 0 Å². The molecule has 1 aromatic heterocycles. The lowest BCUT2D eigenvalue weighted by atomic mass is 9.81. The molecule has 1 saturated carbocycles. The summed E-state index contributed by atoms with van der Waals surface area (Å²) in [6.07, 6.45) is 7.44. The van der Waals surface area contributed by atoms with Crippen molar-refractivity contribution in [1.82, 2.24) is 15.5 Å². The number of esters is 1. The number of nitrogens with zero attached hydrogens (tertiary/aromatic N) is 3. The molecule has 33 heavy (non-hydrogen) atoms. The first kappa shape index (κ1) is 23.7.